The van der Waals surface area contributed by atoms with Gasteiger partial charge in [-0.3, -0.25) is 0 Å². The van der Waals surface area contributed by atoms with Gasteiger partial charge in [0.2, 0.25) is 0 Å². The lowest BCUT2D eigenvalue weighted by molar-refractivity contribution is -0.225. The molecule has 0 fully saturated rings. The van der Waals surface area contributed by atoms with Crippen LogP contribution in [0.4, 0.5) is 0 Å². The highest BCUT2D eigenvalue weighted by molar-refractivity contribution is 5.93. The normalized spacial score (nSPS) is 20.7. The Balaban J connectivity index is 2.08. The number of hydrogen-bond acceptors (Lipinski definition) is 4. The molecule has 1 spiro atoms. The SMILES string of the molecule is O=C1C=CC(=O)OC2(CCc3ccccc32)O1. The van der Waals surface area contributed by atoms with E-state index in [9.17, 15) is 9.59 Å². The molecule has 4 nitrogen and oxygen atoms in total. The van der Waals surface area contributed by atoms with Crippen LogP contribution >= 0.6 is 0 Å². The summed E-state index contributed by atoms with van der Waals surface area (Å²) in [5.74, 6) is -2.33. The van der Waals surface area contributed by atoms with E-state index in [1.807, 2.05) is 24.3 Å². The first-order valence-corrected chi connectivity index (χ1v) is 5.42. The molecule has 1 aromatic carbocycles. The van der Waals surface area contributed by atoms with Crippen molar-refractivity contribution in [2.24, 2.45) is 0 Å². The molecular formula is C13H10O4. The van der Waals surface area contributed by atoms with Crippen molar-refractivity contribution in [3.05, 3.63) is 47.5 Å². The van der Waals surface area contributed by atoms with E-state index in [2.05, 4.69) is 0 Å². The average molecular weight is 230 g/mol. The van der Waals surface area contributed by atoms with Crippen LogP contribution in [-0.4, -0.2) is 11.9 Å². The van der Waals surface area contributed by atoms with E-state index >= 15 is 0 Å². The van der Waals surface area contributed by atoms with Gasteiger partial charge in [-0.25, -0.2) is 9.59 Å². The van der Waals surface area contributed by atoms with Crippen LogP contribution in [-0.2, 0) is 31.3 Å². The van der Waals surface area contributed by atoms with Gasteiger partial charge >= 0.3 is 11.9 Å². The highest BCUT2D eigenvalue weighted by atomic mass is 16.7. The molecular weight excluding hydrogens is 220 g/mol. The van der Waals surface area contributed by atoms with Crippen LogP contribution in [0.5, 0.6) is 0 Å². The van der Waals surface area contributed by atoms with Crippen LogP contribution in [0, 0.1) is 0 Å². The smallest absolute Gasteiger partial charge is 0.334 e. The van der Waals surface area contributed by atoms with E-state index in [0.29, 0.717) is 6.42 Å². The van der Waals surface area contributed by atoms with Crippen molar-refractivity contribution in [2.75, 3.05) is 0 Å². The topological polar surface area (TPSA) is 52.6 Å². The van der Waals surface area contributed by atoms with Gasteiger partial charge in [-0.2, -0.15) is 0 Å². The summed E-state index contributed by atoms with van der Waals surface area (Å²) >= 11 is 0. The number of rotatable bonds is 0. The van der Waals surface area contributed by atoms with Crippen LogP contribution in [0.1, 0.15) is 17.5 Å². The first-order valence-electron chi connectivity index (χ1n) is 5.42. The van der Waals surface area contributed by atoms with Gasteiger partial charge in [-0.05, 0) is 12.0 Å². The van der Waals surface area contributed by atoms with Gasteiger partial charge in [0.1, 0.15) is 0 Å². The van der Waals surface area contributed by atoms with Crippen molar-refractivity contribution < 1.29 is 19.1 Å². The first kappa shape index (κ1) is 10.1. The van der Waals surface area contributed by atoms with Crippen molar-refractivity contribution in [2.45, 2.75) is 18.6 Å². The van der Waals surface area contributed by atoms with Crippen LogP contribution in [0.3, 0.4) is 0 Å². The predicted molar refractivity (Wildman–Crippen MR) is 57.8 cm³/mol. The Morgan fingerprint density at radius 2 is 1.65 bits per heavy atom. The van der Waals surface area contributed by atoms with Crippen molar-refractivity contribution >= 4 is 11.9 Å². The minimum atomic E-state index is -1.23. The molecule has 3 rings (SSSR count). The summed E-state index contributed by atoms with van der Waals surface area (Å²) in [4.78, 5) is 22.9. The van der Waals surface area contributed by atoms with Crippen molar-refractivity contribution in [1.29, 1.82) is 0 Å². The van der Waals surface area contributed by atoms with Gasteiger partial charge in [0.15, 0.2) is 0 Å². The molecule has 0 unspecified atom stereocenters. The van der Waals surface area contributed by atoms with Gasteiger partial charge in [0.25, 0.3) is 5.79 Å². The molecule has 17 heavy (non-hydrogen) atoms. The number of ether oxygens (including phenoxy) is 2. The average Bonchev–Trinajstić information content (AvgIpc) is 2.58. The van der Waals surface area contributed by atoms with Crippen LogP contribution < -0.4 is 0 Å². The number of esters is 2. The molecule has 0 saturated carbocycles. The third-order valence-electron chi connectivity index (χ3n) is 3.04. The zero-order valence-corrected chi connectivity index (χ0v) is 9.01. The molecule has 1 aromatic rings. The van der Waals surface area contributed by atoms with Crippen molar-refractivity contribution in [3.8, 4) is 0 Å². The molecule has 1 aliphatic carbocycles. The van der Waals surface area contributed by atoms with E-state index in [-0.39, 0.29) is 0 Å². The van der Waals surface area contributed by atoms with E-state index in [4.69, 9.17) is 9.47 Å². The van der Waals surface area contributed by atoms with Crippen LogP contribution in [0.2, 0.25) is 0 Å². The molecule has 86 valence electrons. The summed E-state index contributed by atoms with van der Waals surface area (Å²) in [5.41, 5.74) is 1.82. The van der Waals surface area contributed by atoms with E-state index in [1.54, 1.807) is 0 Å². The lowest BCUT2D eigenvalue weighted by Crippen LogP contribution is -2.33. The zero-order valence-electron chi connectivity index (χ0n) is 9.01. The van der Waals surface area contributed by atoms with Gasteiger partial charge in [0, 0.05) is 24.1 Å². The fourth-order valence-corrected chi connectivity index (χ4v) is 2.31. The maximum Gasteiger partial charge on any atom is 0.334 e. The Bertz CT molecular complexity index is 510. The molecule has 2 aliphatic rings. The minimum absolute atomic E-state index is 0.478. The largest absolute Gasteiger partial charge is 0.415 e. The number of benzene rings is 1. The third kappa shape index (κ3) is 1.53. The zero-order chi connectivity index (χ0) is 11.9. The molecule has 0 atom stereocenters. The van der Waals surface area contributed by atoms with E-state index in [1.165, 1.54) is 0 Å². The molecule has 0 amide bonds. The molecule has 0 radical (unpaired) electrons. The molecule has 0 saturated heterocycles. The van der Waals surface area contributed by atoms with Gasteiger partial charge in [-0.1, -0.05) is 24.3 Å². The molecule has 1 aliphatic heterocycles. The highest BCUT2D eigenvalue weighted by Gasteiger charge is 2.46. The minimum Gasteiger partial charge on any atom is -0.415 e. The Kier molecular flexibility index (Phi) is 2.04. The standard InChI is InChI=1S/C13H10O4/c14-11-5-6-12(15)17-13(16-11)8-7-9-3-1-2-4-10(9)13/h1-6H,7-8H2. The van der Waals surface area contributed by atoms with Crippen molar-refractivity contribution in [3.63, 3.8) is 0 Å². The number of carbonyl (C=O) groups is 2. The molecule has 4 heteroatoms. The second-order valence-electron chi connectivity index (χ2n) is 4.09. The quantitative estimate of drug-likeness (QED) is 0.633. The van der Waals surface area contributed by atoms with Gasteiger partial charge in [0.05, 0.1) is 0 Å². The fourth-order valence-electron chi connectivity index (χ4n) is 2.31. The van der Waals surface area contributed by atoms with Crippen molar-refractivity contribution in [1.82, 2.24) is 0 Å². The Labute approximate surface area is 97.8 Å². The number of fused-ring (bicyclic) bond motifs is 2. The van der Waals surface area contributed by atoms with E-state index < -0.39 is 17.7 Å². The van der Waals surface area contributed by atoms with Gasteiger partial charge < -0.3 is 9.47 Å². The summed E-state index contributed by atoms with van der Waals surface area (Å²) in [6.07, 6.45) is 3.40. The van der Waals surface area contributed by atoms with E-state index in [0.717, 1.165) is 29.7 Å². The first-order chi connectivity index (χ1) is 8.20. The second kappa shape index (κ2) is 3.45. The third-order valence-corrected chi connectivity index (χ3v) is 3.04. The summed E-state index contributed by atoms with van der Waals surface area (Å²) < 4.78 is 10.6. The maximum absolute atomic E-state index is 11.5. The fraction of sp³-hybridized carbons (Fsp3) is 0.231. The monoisotopic (exact) mass is 230 g/mol. The van der Waals surface area contributed by atoms with Crippen LogP contribution in [0.15, 0.2) is 36.4 Å². The van der Waals surface area contributed by atoms with Crippen LogP contribution in [0.25, 0.3) is 0 Å². The lowest BCUT2D eigenvalue weighted by atomic mass is 10.1. The predicted octanol–water partition coefficient (Wildman–Crippen LogP) is 1.44. The maximum atomic E-state index is 11.5. The van der Waals surface area contributed by atoms with Gasteiger partial charge in [-0.15, -0.1) is 0 Å². The number of carbonyl (C=O) groups excluding carboxylic acids is 2. The molecule has 1 heterocycles. The lowest BCUT2D eigenvalue weighted by Gasteiger charge is -2.27. The number of hydrogen-bond donors (Lipinski definition) is 0. The Morgan fingerprint density at radius 3 is 2.35 bits per heavy atom. The Morgan fingerprint density at radius 1 is 1.00 bits per heavy atom. The summed E-state index contributed by atoms with van der Waals surface area (Å²) in [5, 5.41) is 0. The molecule has 0 bridgehead atoms. The summed E-state index contributed by atoms with van der Waals surface area (Å²) in [6.45, 7) is 0. The Hall–Kier alpha value is -2.10. The molecule has 0 aromatic heterocycles. The summed E-state index contributed by atoms with van der Waals surface area (Å²) in [6, 6.07) is 7.53. The molecule has 0 N–H and O–H groups in total. The number of aryl methyl sites for hydroxylation is 1. The second-order valence-corrected chi connectivity index (χ2v) is 4.09. The highest BCUT2D eigenvalue weighted by Crippen LogP contribution is 2.42. The summed E-state index contributed by atoms with van der Waals surface area (Å²) in [7, 11) is 0.